The van der Waals surface area contributed by atoms with Crippen LogP contribution in [0.25, 0.3) is 0 Å². The molecule has 0 aromatic carbocycles. The maximum Gasteiger partial charge on any atom is 0.306 e. The summed E-state index contributed by atoms with van der Waals surface area (Å²) in [6, 6.07) is 0. The monoisotopic (exact) mass is 598 g/mol. The van der Waals surface area contributed by atoms with E-state index in [0.29, 0.717) is 36.2 Å². The summed E-state index contributed by atoms with van der Waals surface area (Å²) in [5.41, 5.74) is 1.92. The minimum atomic E-state index is -0.374. The number of fused-ring (bicyclic) bond motifs is 7. The van der Waals surface area contributed by atoms with E-state index in [2.05, 4.69) is 48.1 Å². The number of carbonyl (C=O) groups is 3. The summed E-state index contributed by atoms with van der Waals surface area (Å²) < 4.78 is 16.6. The Morgan fingerprint density at radius 3 is 2.12 bits per heavy atom. The van der Waals surface area contributed by atoms with Gasteiger partial charge in [-0.1, -0.05) is 46.8 Å². The summed E-state index contributed by atoms with van der Waals surface area (Å²) in [6.07, 6.45) is 11.5. The molecule has 0 saturated heterocycles. The quantitative estimate of drug-likeness (QED) is 0.168. The summed E-state index contributed by atoms with van der Waals surface area (Å²) >= 11 is 0. The van der Waals surface area contributed by atoms with E-state index >= 15 is 0 Å². The fourth-order valence-electron chi connectivity index (χ4n) is 12.5. The molecule has 5 rings (SSSR count). The van der Waals surface area contributed by atoms with Crippen LogP contribution in [0.5, 0.6) is 0 Å². The second kappa shape index (κ2) is 11.2. The van der Waals surface area contributed by atoms with Crippen molar-refractivity contribution in [2.24, 2.45) is 56.7 Å². The van der Waals surface area contributed by atoms with Crippen molar-refractivity contribution in [3.05, 3.63) is 12.2 Å². The zero-order valence-electron chi connectivity index (χ0n) is 28.3. The molecule has 0 N–H and O–H groups in total. The van der Waals surface area contributed by atoms with Gasteiger partial charge in [0.05, 0.1) is 26.6 Å². The van der Waals surface area contributed by atoms with Crippen molar-refractivity contribution >= 4 is 17.9 Å². The molecule has 0 aromatic rings. The number of hydrogen-bond acceptors (Lipinski definition) is 6. The first-order valence-electron chi connectivity index (χ1n) is 17.1. The Labute approximate surface area is 260 Å². The second-order valence-electron chi connectivity index (χ2n) is 16.7. The molecule has 0 radical (unpaired) electrons. The van der Waals surface area contributed by atoms with Crippen LogP contribution in [0.15, 0.2) is 12.2 Å². The van der Waals surface area contributed by atoms with Crippen molar-refractivity contribution in [3.8, 4) is 0 Å². The molecule has 6 heteroatoms. The smallest absolute Gasteiger partial charge is 0.306 e. The lowest BCUT2D eigenvalue weighted by atomic mass is 9.32. The number of allylic oxidation sites excluding steroid dienone is 1. The van der Waals surface area contributed by atoms with Gasteiger partial charge in [0.25, 0.3) is 0 Å². The van der Waals surface area contributed by atoms with E-state index in [4.69, 9.17) is 14.2 Å². The fourth-order valence-corrected chi connectivity index (χ4v) is 12.5. The van der Waals surface area contributed by atoms with Gasteiger partial charge in [-0.3, -0.25) is 14.4 Å². The second-order valence-corrected chi connectivity index (χ2v) is 16.7. The zero-order valence-corrected chi connectivity index (χ0v) is 28.3. The van der Waals surface area contributed by atoms with E-state index in [1.165, 1.54) is 44.8 Å². The Hall–Kier alpha value is -1.85. The number of carbonyl (C=O) groups excluding carboxylic acids is 3. The minimum absolute atomic E-state index is 0.0686. The van der Waals surface area contributed by atoms with Crippen molar-refractivity contribution in [1.29, 1.82) is 0 Å². The third-order valence-corrected chi connectivity index (χ3v) is 14.8. The third kappa shape index (κ3) is 5.00. The van der Waals surface area contributed by atoms with E-state index in [1.807, 2.05) is 0 Å². The van der Waals surface area contributed by atoms with Gasteiger partial charge in [0, 0.05) is 17.8 Å². The van der Waals surface area contributed by atoms with Crippen LogP contribution in [0.1, 0.15) is 126 Å². The maximum atomic E-state index is 12.7. The summed E-state index contributed by atoms with van der Waals surface area (Å²) in [5, 5.41) is 0. The summed E-state index contributed by atoms with van der Waals surface area (Å²) in [4.78, 5) is 36.3. The van der Waals surface area contributed by atoms with Crippen LogP contribution in [0.3, 0.4) is 0 Å². The highest BCUT2D eigenvalue weighted by molar-refractivity contribution is 5.77. The molecular weight excluding hydrogens is 540 g/mol. The van der Waals surface area contributed by atoms with Crippen LogP contribution in [-0.2, 0) is 28.6 Å². The molecule has 5 saturated carbocycles. The lowest BCUT2D eigenvalue weighted by molar-refractivity contribution is -0.252. The highest BCUT2D eigenvalue weighted by Crippen LogP contribution is 2.77. The summed E-state index contributed by atoms with van der Waals surface area (Å²) in [7, 11) is 1.35. The van der Waals surface area contributed by atoms with Crippen LogP contribution < -0.4 is 0 Å². The Bertz CT molecular complexity index is 1140. The van der Waals surface area contributed by atoms with Gasteiger partial charge in [0.15, 0.2) is 0 Å². The highest BCUT2D eigenvalue weighted by atomic mass is 16.5. The minimum Gasteiger partial charge on any atom is -0.469 e. The Balaban J connectivity index is 1.40. The van der Waals surface area contributed by atoms with Crippen molar-refractivity contribution in [1.82, 2.24) is 0 Å². The molecule has 5 aliphatic carbocycles. The topological polar surface area (TPSA) is 78.9 Å². The van der Waals surface area contributed by atoms with Gasteiger partial charge in [0.2, 0.25) is 0 Å². The first-order valence-corrected chi connectivity index (χ1v) is 17.1. The van der Waals surface area contributed by atoms with Crippen LogP contribution >= 0.6 is 0 Å². The average molecular weight is 599 g/mol. The zero-order chi connectivity index (χ0) is 31.6. The van der Waals surface area contributed by atoms with Gasteiger partial charge in [-0.05, 0) is 117 Å². The van der Waals surface area contributed by atoms with Gasteiger partial charge in [0.1, 0.15) is 6.10 Å². The molecule has 0 heterocycles. The molecule has 5 aliphatic rings. The first kappa shape index (κ1) is 32.5. The van der Waals surface area contributed by atoms with E-state index in [0.717, 1.165) is 32.1 Å². The van der Waals surface area contributed by atoms with Crippen molar-refractivity contribution < 1.29 is 28.6 Å². The number of esters is 3. The van der Waals surface area contributed by atoms with E-state index in [9.17, 15) is 14.4 Å². The summed E-state index contributed by atoms with van der Waals surface area (Å²) in [6.45, 7) is 21.3. The molecule has 242 valence electrons. The molecule has 0 spiro atoms. The number of ether oxygens (including phenoxy) is 3. The third-order valence-electron chi connectivity index (χ3n) is 14.8. The number of hydrogen-bond donors (Lipinski definition) is 0. The van der Waals surface area contributed by atoms with E-state index < -0.39 is 0 Å². The largest absolute Gasteiger partial charge is 0.469 e. The van der Waals surface area contributed by atoms with Crippen molar-refractivity contribution in [2.45, 2.75) is 132 Å². The van der Waals surface area contributed by atoms with Gasteiger partial charge in [-0.2, -0.15) is 0 Å². The Morgan fingerprint density at radius 1 is 0.767 bits per heavy atom. The van der Waals surface area contributed by atoms with Gasteiger partial charge in [-0.25, -0.2) is 0 Å². The van der Waals surface area contributed by atoms with Gasteiger partial charge in [-0.15, -0.1) is 0 Å². The molecule has 0 aromatic heterocycles. The van der Waals surface area contributed by atoms with E-state index in [1.54, 1.807) is 6.92 Å². The standard InChI is InChI=1S/C37H58O6/c1-23(2)25-14-19-37(22-42-24(3)38)21-20-35(7)26(32(25)37)10-11-28-34(6)17-16-29(43-31(40)13-12-30(39)41-9)33(4,5)27(34)15-18-36(28,35)8/h25-29,32H,1,10-22H2,2-9H3/t25-,26+,27-,28+,29-,32-,34-,35+,36+,37+/m0/s1. The highest BCUT2D eigenvalue weighted by Gasteiger charge is 2.71. The predicted octanol–water partition coefficient (Wildman–Crippen LogP) is 8.07. The molecule has 10 atom stereocenters. The van der Waals surface area contributed by atoms with Gasteiger partial charge < -0.3 is 14.2 Å². The van der Waals surface area contributed by atoms with Gasteiger partial charge >= 0.3 is 17.9 Å². The summed E-state index contributed by atoms with van der Waals surface area (Å²) in [5.74, 6) is 1.94. The SMILES string of the molecule is C=C(C)[C@@H]1CC[C@]2(COC(C)=O)CC[C@]3(C)[C@H](CC[C@@H]4[C@@]5(C)CC[C@H](OC(=O)CCC(=O)OC)C(C)(C)[C@@H]5CC[C@]43C)[C@H]12. The normalized spacial score (nSPS) is 44.6. The van der Waals surface area contributed by atoms with Crippen molar-refractivity contribution in [3.63, 3.8) is 0 Å². The Morgan fingerprint density at radius 2 is 1.47 bits per heavy atom. The van der Waals surface area contributed by atoms with Crippen molar-refractivity contribution in [2.75, 3.05) is 13.7 Å². The van der Waals surface area contributed by atoms with E-state index in [-0.39, 0.29) is 63.9 Å². The van der Waals surface area contributed by atoms with Crippen LogP contribution in [0, 0.1) is 56.7 Å². The maximum absolute atomic E-state index is 12.7. The molecule has 5 fully saturated rings. The van der Waals surface area contributed by atoms with Crippen LogP contribution in [0.4, 0.5) is 0 Å². The lowest BCUT2D eigenvalue weighted by Gasteiger charge is -2.73. The first-order chi connectivity index (χ1) is 20.1. The molecule has 0 bridgehead atoms. The molecule has 0 aliphatic heterocycles. The number of rotatable bonds is 7. The van der Waals surface area contributed by atoms with Crippen LogP contribution in [-0.4, -0.2) is 37.7 Å². The predicted molar refractivity (Wildman–Crippen MR) is 167 cm³/mol. The molecule has 6 nitrogen and oxygen atoms in total. The van der Waals surface area contributed by atoms with Crippen LogP contribution in [0.2, 0.25) is 0 Å². The molecule has 0 amide bonds. The molecule has 0 unspecified atom stereocenters. The lowest BCUT2D eigenvalue weighted by Crippen LogP contribution is -2.67. The molecular formula is C37H58O6. The average Bonchev–Trinajstić information content (AvgIpc) is 3.33. The molecule has 43 heavy (non-hydrogen) atoms. The Kier molecular flexibility index (Phi) is 8.47. The fraction of sp³-hybridized carbons (Fsp3) is 0.865. The number of methoxy groups -OCH3 is 1.